The molecule has 1 N–H and O–H groups in total. The SMILES string of the molecule is Cc1ccc(F)c(C(=O)NCCN2CCCCC2)c1. The number of benzene rings is 1. The molecule has 3 nitrogen and oxygen atoms in total. The first kappa shape index (κ1) is 14.0. The highest BCUT2D eigenvalue weighted by molar-refractivity contribution is 5.94. The van der Waals surface area contributed by atoms with E-state index in [1.165, 1.54) is 25.3 Å². The number of nitrogens with zero attached hydrogens (tertiary/aromatic N) is 1. The van der Waals surface area contributed by atoms with Gasteiger partial charge in [-0.2, -0.15) is 0 Å². The predicted octanol–water partition coefficient (Wildman–Crippen LogP) is 2.35. The molecule has 0 aromatic heterocycles. The molecule has 0 spiro atoms. The van der Waals surface area contributed by atoms with Gasteiger partial charge in [-0.1, -0.05) is 18.1 Å². The van der Waals surface area contributed by atoms with Crippen molar-refractivity contribution >= 4 is 5.91 Å². The Bertz CT molecular complexity index is 442. The maximum absolute atomic E-state index is 13.5. The maximum atomic E-state index is 13.5. The van der Waals surface area contributed by atoms with Gasteiger partial charge in [0.1, 0.15) is 5.82 Å². The van der Waals surface area contributed by atoms with Gasteiger partial charge in [-0.3, -0.25) is 4.79 Å². The lowest BCUT2D eigenvalue weighted by Crippen LogP contribution is -2.37. The Balaban J connectivity index is 1.82. The monoisotopic (exact) mass is 264 g/mol. The lowest BCUT2D eigenvalue weighted by atomic mass is 10.1. The number of aryl methyl sites for hydroxylation is 1. The summed E-state index contributed by atoms with van der Waals surface area (Å²) in [5.41, 5.74) is 1.03. The molecule has 2 rings (SSSR count). The van der Waals surface area contributed by atoms with Crippen molar-refractivity contribution in [3.63, 3.8) is 0 Å². The lowest BCUT2D eigenvalue weighted by Gasteiger charge is -2.26. The maximum Gasteiger partial charge on any atom is 0.254 e. The minimum atomic E-state index is -0.457. The summed E-state index contributed by atoms with van der Waals surface area (Å²) >= 11 is 0. The van der Waals surface area contributed by atoms with Crippen LogP contribution in [0.25, 0.3) is 0 Å². The molecule has 1 amide bonds. The second kappa shape index (κ2) is 6.66. The molecule has 1 aromatic rings. The van der Waals surface area contributed by atoms with E-state index < -0.39 is 5.82 Å². The summed E-state index contributed by atoms with van der Waals surface area (Å²) in [6.07, 6.45) is 3.78. The van der Waals surface area contributed by atoms with Crippen molar-refractivity contribution in [2.45, 2.75) is 26.2 Å². The molecule has 4 heteroatoms. The quantitative estimate of drug-likeness (QED) is 0.905. The molecule has 1 saturated heterocycles. The molecular weight excluding hydrogens is 243 g/mol. The van der Waals surface area contributed by atoms with E-state index in [0.717, 1.165) is 25.2 Å². The molecule has 0 saturated carbocycles. The van der Waals surface area contributed by atoms with Crippen LogP contribution in [0.2, 0.25) is 0 Å². The molecule has 1 heterocycles. The summed E-state index contributed by atoms with van der Waals surface area (Å²) in [5, 5.41) is 2.79. The van der Waals surface area contributed by atoms with E-state index in [-0.39, 0.29) is 11.5 Å². The molecule has 0 atom stereocenters. The standard InChI is InChI=1S/C15H21FN2O/c1-12-5-6-14(16)13(11-12)15(19)17-7-10-18-8-3-2-4-9-18/h5-6,11H,2-4,7-10H2,1H3,(H,17,19). The lowest BCUT2D eigenvalue weighted by molar-refractivity contribution is 0.0942. The highest BCUT2D eigenvalue weighted by atomic mass is 19.1. The number of hydrogen-bond acceptors (Lipinski definition) is 2. The van der Waals surface area contributed by atoms with Crippen LogP contribution < -0.4 is 5.32 Å². The van der Waals surface area contributed by atoms with Crippen molar-refractivity contribution in [1.82, 2.24) is 10.2 Å². The largest absolute Gasteiger partial charge is 0.351 e. The molecular formula is C15H21FN2O. The Morgan fingerprint density at radius 1 is 1.32 bits per heavy atom. The molecule has 1 fully saturated rings. The number of halogens is 1. The Morgan fingerprint density at radius 2 is 2.05 bits per heavy atom. The van der Waals surface area contributed by atoms with Crippen LogP contribution in [0.3, 0.4) is 0 Å². The summed E-state index contributed by atoms with van der Waals surface area (Å²) in [5.74, 6) is -0.778. The third-order valence-corrected chi connectivity index (χ3v) is 3.53. The van der Waals surface area contributed by atoms with Crippen molar-refractivity contribution in [2.24, 2.45) is 0 Å². The fraction of sp³-hybridized carbons (Fsp3) is 0.533. The van der Waals surface area contributed by atoms with Gasteiger partial charge >= 0.3 is 0 Å². The number of rotatable bonds is 4. The van der Waals surface area contributed by atoms with Crippen LogP contribution in [0, 0.1) is 12.7 Å². The fourth-order valence-corrected chi connectivity index (χ4v) is 2.42. The van der Waals surface area contributed by atoms with Gasteiger partial charge in [0.2, 0.25) is 0 Å². The average molecular weight is 264 g/mol. The molecule has 0 radical (unpaired) electrons. The van der Waals surface area contributed by atoms with Gasteiger partial charge in [-0.05, 0) is 45.0 Å². The third-order valence-electron chi connectivity index (χ3n) is 3.53. The van der Waals surface area contributed by atoms with Crippen molar-refractivity contribution in [1.29, 1.82) is 0 Å². The van der Waals surface area contributed by atoms with Gasteiger partial charge in [-0.25, -0.2) is 4.39 Å². The molecule has 0 unspecified atom stereocenters. The van der Waals surface area contributed by atoms with E-state index in [1.54, 1.807) is 12.1 Å². The van der Waals surface area contributed by atoms with E-state index in [9.17, 15) is 9.18 Å². The highest BCUT2D eigenvalue weighted by Gasteiger charge is 2.13. The van der Waals surface area contributed by atoms with E-state index >= 15 is 0 Å². The third kappa shape index (κ3) is 4.03. The minimum Gasteiger partial charge on any atom is -0.351 e. The second-order valence-corrected chi connectivity index (χ2v) is 5.14. The Kier molecular flexibility index (Phi) is 4.91. The highest BCUT2D eigenvalue weighted by Crippen LogP contribution is 2.10. The molecule has 104 valence electrons. The second-order valence-electron chi connectivity index (χ2n) is 5.14. The summed E-state index contributed by atoms with van der Waals surface area (Å²) in [6, 6.07) is 4.60. The van der Waals surface area contributed by atoms with Gasteiger partial charge in [-0.15, -0.1) is 0 Å². The van der Waals surface area contributed by atoms with Gasteiger partial charge in [0.25, 0.3) is 5.91 Å². The Labute approximate surface area is 113 Å². The van der Waals surface area contributed by atoms with Gasteiger partial charge in [0, 0.05) is 13.1 Å². The minimum absolute atomic E-state index is 0.138. The zero-order valence-electron chi connectivity index (χ0n) is 11.4. The Hall–Kier alpha value is -1.42. The summed E-state index contributed by atoms with van der Waals surface area (Å²) in [4.78, 5) is 14.2. The predicted molar refractivity (Wildman–Crippen MR) is 73.8 cm³/mol. The number of carbonyl (C=O) groups is 1. The fourth-order valence-electron chi connectivity index (χ4n) is 2.42. The molecule has 0 bridgehead atoms. The zero-order valence-corrected chi connectivity index (χ0v) is 11.4. The van der Waals surface area contributed by atoms with Crippen molar-refractivity contribution < 1.29 is 9.18 Å². The average Bonchev–Trinajstić information content (AvgIpc) is 2.42. The number of carbonyl (C=O) groups excluding carboxylic acids is 1. The molecule has 1 aliphatic heterocycles. The molecule has 0 aliphatic carbocycles. The van der Waals surface area contributed by atoms with Crippen molar-refractivity contribution in [2.75, 3.05) is 26.2 Å². The van der Waals surface area contributed by atoms with E-state index in [4.69, 9.17) is 0 Å². The van der Waals surface area contributed by atoms with E-state index in [1.807, 2.05) is 6.92 Å². The van der Waals surface area contributed by atoms with Crippen LogP contribution in [-0.4, -0.2) is 37.0 Å². The van der Waals surface area contributed by atoms with E-state index in [2.05, 4.69) is 10.2 Å². The number of piperidine rings is 1. The van der Waals surface area contributed by atoms with E-state index in [0.29, 0.717) is 6.54 Å². The number of nitrogens with one attached hydrogen (secondary N) is 1. The van der Waals surface area contributed by atoms with Crippen LogP contribution in [-0.2, 0) is 0 Å². The molecule has 19 heavy (non-hydrogen) atoms. The summed E-state index contributed by atoms with van der Waals surface area (Å²) in [7, 11) is 0. The number of amides is 1. The van der Waals surface area contributed by atoms with Crippen molar-refractivity contribution in [3.05, 3.63) is 35.1 Å². The van der Waals surface area contributed by atoms with Crippen LogP contribution in [0.15, 0.2) is 18.2 Å². The van der Waals surface area contributed by atoms with Gasteiger partial charge in [0.05, 0.1) is 5.56 Å². The normalized spacial score (nSPS) is 16.3. The summed E-state index contributed by atoms with van der Waals surface area (Å²) in [6.45, 7) is 5.48. The zero-order chi connectivity index (χ0) is 13.7. The first-order valence-corrected chi connectivity index (χ1v) is 6.93. The molecule has 1 aliphatic rings. The molecule has 1 aromatic carbocycles. The van der Waals surface area contributed by atoms with Crippen molar-refractivity contribution in [3.8, 4) is 0 Å². The Morgan fingerprint density at radius 3 is 2.79 bits per heavy atom. The van der Waals surface area contributed by atoms with Crippen LogP contribution >= 0.6 is 0 Å². The number of likely N-dealkylation sites (tertiary alicyclic amines) is 1. The topological polar surface area (TPSA) is 32.3 Å². The first-order chi connectivity index (χ1) is 9.16. The summed E-state index contributed by atoms with van der Waals surface area (Å²) < 4.78 is 13.5. The van der Waals surface area contributed by atoms with Crippen LogP contribution in [0.5, 0.6) is 0 Å². The number of hydrogen-bond donors (Lipinski definition) is 1. The van der Waals surface area contributed by atoms with Gasteiger partial charge < -0.3 is 10.2 Å². The van der Waals surface area contributed by atoms with Gasteiger partial charge in [0.15, 0.2) is 0 Å². The van der Waals surface area contributed by atoms with Crippen LogP contribution in [0.4, 0.5) is 4.39 Å². The smallest absolute Gasteiger partial charge is 0.254 e. The van der Waals surface area contributed by atoms with Crippen LogP contribution in [0.1, 0.15) is 35.2 Å². The first-order valence-electron chi connectivity index (χ1n) is 6.93.